The van der Waals surface area contributed by atoms with Crippen molar-refractivity contribution in [1.29, 1.82) is 0 Å². The van der Waals surface area contributed by atoms with Gasteiger partial charge in [-0.15, -0.1) is 0 Å². The maximum Gasteiger partial charge on any atom is 0.257 e. The maximum absolute atomic E-state index is 14.0. The first-order valence-electron chi connectivity index (χ1n) is 9.06. The van der Waals surface area contributed by atoms with Gasteiger partial charge in [0.25, 0.3) is 5.91 Å². The van der Waals surface area contributed by atoms with Gasteiger partial charge in [-0.3, -0.25) is 10.1 Å². The number of carbonyl (C=O) groups is 1. The molecular weight excluding hydrogens is 485 g/mol. The molecule has 0 saturated carbocycles. The van der Waals surface area contributed by atoms with Crippen LogP contribution in [0.2, 0.25) is 0 Å². The molecule has 1 amide bonds. The van der Waals surface area contributed by atoms with Crippen molar-refractivity contribution in [3.05, 3.63) is 76.5 Å². The summed E-state index contributed by atoms with van der Waals surface area (Å²) >= 11 is 8.59. The standard InChI is InChI=1S/C22H15BrFN3O3S/c1-29-18-8-6-12(10-15(18)23)20(28)27-22(31)25-13-7-9-19-17(11-13)26-21(30-19)14-4-2-3-5-16(14)24/h2-11H,1H3,(H2,25,27,28,31). The number of anilines is 1. The van der Waals surface area contributed by atoms with Crippen molar-refractivity contribution in [3.8, 4) is 17.2 Å². The topological polar surface area (TPSA) is 76.4 Å². The second kappa shape index (κ2) is 8.83. The molecule has 0 aliphatic rings. The molecular formula is C22H15BrFN3O3S. The van der Waals surface area contributed by atoms with Gasteiger partial charge in [0, 0.05) is 11.3 Å². The van der Waals surface area contributed by atoms with Gasteiger partial charge in [-0.05, 0) is 76.7 Å². The molecule has 0 aliphatic carbocycles. The van der Waals surface area contributed by atoms with Crippen molar-refractivity contribution in [2.75, 3.05) is 12.4 Å². The Morgan fingerprint density at radius 2 is 1.97 bits per heavy atom. The van der Waals surface area contributed by atoms with E-state index in [2.05, 4.69) is 31.5 Å². The molecule has 0 atom stereocenters. The summed E-state index contributed by atoms with van der Waals surface area (Å²) in [4.78, 5) is 16.8. The van der Waals surface area contributed by atoms with Gasteiger partial charge in [0.1, 0.15) is 17.1 Å². The number of rotatable bonds is 4. The molecule has 1 heterocycles. The lowest BCUT2D eigenvalue weighted by atomic mass is 10.2. The van der Waals surface area contributed by atoms with Crippen LogP contribution >= 0.6 is 28.1 Å². The number of carbonyl (C=O) groups excluding carboxylic acids is 1. The second-order valence-corrected chi connectivity index (χ2v) is 7.70. The van der Waals surface area contributed by atoms with Gasteiger partial charge in [0.2, 0.25) is 5.89 Å². The Hall–Kier alpha value is -3.30. The van der Waals surface area contributed by atoms with Crippen LogP contribution in [0.1, 0.15) is 10.4 Å². The highest BCUT2D eigenvalue weighted by Gasteiger charge is 2.14. The van der Waals surface area contributed by atoms with E-state index < -0.39 is 5.82 Å². The number of ether oxygens (including phenoxy) is 1. The number of methoxy groups -OCH3 is 1. The van der Waals surface area contributed by atoms with Crippen molar-refractivity contribution in [2.24, 2.45) is 0 Å². The number of thiocarbonyl (C=S) groups is 1. The predicted octanol–water partition coefficient (Wildman–Crippen LogP) is 5.53. The van der Waals surface area contributed by atoms with Crippen LogP contribution in [-0.4, -0.2) is 23.1 Å². The fraction of sp³-hybridized carbons (Fsp3) is 0.0455. The second-order valence-electron chi connectivity index (χ2n) is 6.44. The molecule has 6 nitrogen and oxygen atoms in total. The van der Waals surface area contributed by atoms with Gasteiger partial charge < -0.3 is 14.5 Å². The van der Waals surface area contributed by atoms with E-state index in [-0.39, 0.29) is 22.5 Å². The first-order chi connectivity index (χ1) is 14.9. The van der Waals surface area contributed by atoms with Gasteiger partial charge in [-0.2, -0.15) is 0 Å². The molecule has 4 rings (SSSR count). The Bertz CT molecular complexity index is 1310. The number of hydrogen-bond acceptors (Lipinski definition) is 5. The summed E-state index contributed by atoms with van der Waals surface area (Å²) in [6.07, 6.45) is 0. The molecule has 0 fully saturated rings. The zero-order valence-corrected chi connectivity index (χ0v) is 18.5. The third kappa shape index (κ3) is 4.57. The lowest BCUT2D eigenvalue weighted by Crippen LogP contribution is -2.34. The minimum absolute atomic E-state index is 0.120. The van der Waals surface area contributed by atoms with Crippen molar-refractivity contribution < 1.29 is 18.3 Å². The van der Waals surface area contributed by atoms with Gasteiger partial charge in [0.05, 0.1) is 17.1 Å². The van der Waals surface area contributed by atoms with Gasteiger partial charge in [-0.25, -0.2) is 9.37 Å². The summed E-state index contributed by atoms with van der Waals surface area (Å²) in [5.74, 6) is 0.0193. The number of oxazole rings is 1. The van der Waals surface area contributed by atoms with E-state index in [4.69, 9.17) is 21.4 Å². The summed E-state index contributed by atoms with van der Waals surface area (Å²) in [5, 5.41) is 5.68. The third-order valence-corrected chi connectivity index (χ3v) is 5.21. The molecule has 2 N–H and O–H groups in total. The monoisotopic (exact) mass is 499 g/mol. The molecule has 0 bridgehead atoms. The van der Waals surface area contributed by atoms with Crippen LogP contribution in [0.5, 0.6) is 5.75 Å². The predicted molar refractivity (Wildman–Crippen MR) is 124 cm³/mol. The van der Waals surface area contributed by atoms with Crippen LogP contribution in [-0.2, 0) is 0 Å². The summed E-state index contributed by atoms with van der Waals surface area (Å²) in [5.41, 5.74) is 2.32. The smallest absolute Gasteiger partial charge is 0.257 e. The van der Waals surface area contributed by atoms with Gasteiger partial charge in [-0.1, -0.05) is 12.1 Å². The van der Waals surface area contributed by atoms with Gasteiger partial charge in [0.15, 0.2) is 10.7 Å². The Morgan fingerprint density at radius 3 is 2.71 bits per heavy atom. The Morgan fingerprint density at radius 1 is 1.16 bits per heavy atom. The van der Waals surface area contributed by atoms with E-state index in [1.807, 2.05) is 0 Å². The van der Waals surface area contributed by atoms with E-state index in [1.54, 1.807) is 61.7 Å². The van der Waals surface area contributed by atoms with Crippen molar-refractivity contribution in [3.63, 3.8) is 0 Å². The molecule has 4 aromatic rings. The zero-order chi connectivity index (χ0) is 22.0. The highest BCUT2D eigenvalue weighted by molar-refractivity contribution is 9.10. The van der Waals surface area contributed by atoms with E-state index >= 15 is 0 Å². The fourth-order valence-corrected chi connectivity index (χ4v) is 3.65. The highest BCUT2D eigenvalue weighted by Crippen LogP contribution is 2.28. The van der Waals surface area contributed by atoms with E-state index in [0.29, 0.717) is 32.6 Å². The van der Waals surface area contributed by atoms with E-state index in [1.165, 1.54) is 6.07 Å². The summed E-state index contributed by atoms with van der Waals surface area (Å²) < 4.78 is 25.5. The van der Waals surface area contributed by atoms with Crippen LogP contribution in [0.15, 0.2) is 69.6 Å². The largest absolute Gasteiger partial charge is 0.496 e. The SMILES string of the molecule is COc1ccc(C(=O)NC(=S)Nc2ccc3oc(-c4ccccc4F)nc3c2)cc1Br. The quantitative estimate of drug-likeness (QED) is 0.359. The third-order valence-electron chi connectivity index (χ3n) is 4.39. The highest BCUT2D eigenvalue weighted by atomic mass is 79.9. The molecule has 0 aliphatic heterocycles. The fourth-order valence-electron chi connectivity index (χ4n) is 2.90. The number of fused-ring (bicyclic) bond motifs is 1. The average molecular weight is 500 g/mol. The lowest BCUT2D eigenvalue weighted by Gasteiger charge is -2.10. The minimum atomic E-state index is -0.415. The Kier molecular flexibility index (Phi) is 5.97. The molecule has 1 aromatic heterocycles. The van der Waals surface area contributed by atoms with Crippen LogP contribution in [0.25, 0.3) is 22.6 Å². The van der Waals surface area contributed by atoms with Crippen molar-refractivity contribution in [1.82, 2.24) is 10.3 Å². The number of halogens is 2. The van der Waals surface area contributed by atoms with E-state index in [0.717, 1.165) is 0 Å². The normalized spacial score (nSPS) is 10.7. The molecule has 31 heavy (non-hydrogen) atoms. The number of hydrogen-bond donors (Lipinski definition) is 2. The van der Waals surface area contributed by atoms with Gasteiger partial charge >= 0.3 is 0 Å². The average Bonchev–Trinajstić information content (AvgIpc) is 3.17. The Balaban J connectivity index is 1.48. The van der Waals surface area contributed by atoms with E-state index in [9.17, 15) is 9.18 Å². The zero-order valence-electron chi connectivity index (χ0n) is 16.1. The number of benzene rings is 3. The molecule has 3 aromatic carbocycles. The van der Waals surface area contributed by atoms with Crippen LogP contribution < -0.4 is 15.4 Å². The minimum Gasteiger partial charge on any atom is -0.496 e. The molecule has 9 heteroatoms. The first kappa shape index (κ1) is 21.0. The van der Waals surface area contributed by atoms with Crippen LogP contribution in [0.4, 0.5) is 10.1 Å². The first-order valence-corrected chi connectivity index (χ1v) is 10.3. The number of nitrogens with zero attached hydrogens (tertiary/aromatic N) is 1. The molecule has 156 valence electrons. The van der Waals surface area contributed by atoms with Crippen LogP contribution in [0, 0.1) is 5.82 Å². The number of amides is 1. The maximum atomic E-state index is 14.0. The molecule has 0 saturated heterocycles. The van der Waals surface area contributed by atoms with Crippen molar-refractivity contribution in [2.45, 2.75) is 0 Å². The number of aromatic nitrogens is 1. The summed E-state index contributed by atoms with van der Waals surface area (Å²) in [6, 6.07) is 16.3. The molecule has 0 radical (unpaired) electrons. The molecule has 0 spiro atoms. The van der Waals surface area contributed by atoms with Crippen molar-refractivity contribution >= 4 is 56.0 Å². The lowest BCUT2D eigenvalue weighted by molar-refractivity contribution is 0.0977. The summed E-state index contributed by atoms with van der Waals surface area (Å²) in [7, 11) is 1.55. The summed E-state index contributed by atoms with van der Waals surface area (Å²) in [6.45, 7) is 0. The van der Waals surface area contributed by atoms with Crippen LogP contribution in [0.3, 0.4) is 0 Å². The molecule has 0 unspecified atom stereocenters. The number of nitrogens with one attached hydrogen (secondary N) is 2. The Labute approximate surface area is 190 Å².